The molecule has 0 saturated heterocycles. The molecular weight excluding hydrogens is 280 g/mol. The Bertz CT molecular complexity index is 714. The third-order valence-electron chi connectivity index (χ3n) is 3.73. The molecule has 0 radical (unpaired) electrons. The summed E-state index contributed by atoms with van der Waals surface area (Å²) in [4.78, 5) is 25.5. The lowest BCUT2D eigenvalue weighted by Gasteiger charge is -2.11. The summed E-state index contributed by atoms with van der Waals surface area (Å²) < 4.78 is 3.32. The predicted molar refractivity (Wildman–Crippen MR) is 87.1 cm³/mol. The van der Waals surface area contributed by atoms with Gasteiger partial charge in [-0.2, -0.15) is 0 Å². The largest absolute Gasteiger partial charge is 0.393 e. The molecule has 2 rings (SSSR count). The lowest BCUT2D eigenvalue weighted by molar-refractivity contribution is -0.128. The first-order valence-electron chi connectivity index (χ1n) is 7.25. The smallest absolute Gasteiger partial charge is 0.294 e. The Morgan fingerprint density at radius 2 is 1.86 bits per heavy atom. The number of rotatable bonds is 5. The molecule has 0 saturated carbocycles. The van der Waals surface area contributed by atoms with Gasteiger partial charge in [-0.3, -0.25) is 14.3 Å². The van der Waals surface area contributed by atoms with E-state index in [0.29, 0.717) is 19.3 Å². The summed E-state index contributed by atoms with van der Waals surface area (Å²) >= 11 is 0. The maximum absolute atomic E-state index is 12.4. The molecule has 0 spiro atoms. The normalized spacial score (nSPS) is 10.7. The molecule has 1 amide bonds. The number of hydrogen-bond acceptors (Lipinski definition) is 3. The topological polar surface area (TPSA) is 73.3 Å². The molecule has 6 nitrogen and oxygen atoms in total. The van der Waals surface area contributed by atoms with E-state index in [1.54, 1.807) is 28.4 Å². The predicted octanol–water partition coefficient (Wildman–Crippen LogP) is 1.17. The van der Waals surface area contributed by atoms with Gasteiger partial charge in [0.05, 0.1) is 11.4 Å². The fraction of sp³-hybridized carbons (Fsp3) is 0.375. The molecule has 0 aliphatic rings. The number of aromatic nitrogens is 2. The van der Waals surface area contributed by atoms with Crippen LogP contribution in [0.25, 0.3) is 5.69 Å². The van der Waals surface area contributed by atoms with Gasteiger partial charge in [0.15, 0.2) is 0 Å². The summed E-state index contributed by atoms with van der Waals surface area (Å²) in [7, 11) is 5.28. The number of nitrogens with two attached hydrogens (primary N) is 1. The average molecular weight is 302 g/mol. The lowest BCUT2D eigenvalue weighted by atomic mass is 10.1. The third-order valence-corrected chi connectivity index (χ3v) is 3.73. The maximum atomic E-state index is 12.4. The fourth-order valence-corrected chi connectivity index (χ4v) is 2.46. The van der Waals surface area contributed by atoms with Crippen molar-refractivity contribution in [2.24, 2.45) is 7.05 Å². The number of para-hydroxylation sites is 1. The standard InChI is InChI=1S/C16H22N4O2/c1-18(2)14(21)11-7-10-13-15(17)16(22)20(19(13)3)12-8-5-4-6-9-12/h4-6,8-9H,7,10-11,17H2,1-3H3. The molecule has 1 aromatic heterocycles. The first-order valence-corrected chi connectivity index (χ1v) is 7.25. The zero-order valence-corrected chi connectivity index (χ0v) is 13.2. The van der Waals surface area contributed by atoms with Crippen molar-refractivity contribution < 1.29 is 4.79 Å². The molecule has 6 heteroatoms. The first kappa shape index (κ1) is 15.9. The van der Waals surface area contributed by atoms with Crippen molar-refractivity contribution in [3.8, 4) is 5.69 Å². The first-order chi connectivity index (χ1) is 10.4. The van der Waals surface area contributed by atoms with Gasteiger partial charge in [-0.1, -0.05) is 18.2 Å². The van der Waals surface area contributed by atoms with Crippen LogP contribution in [-0.4, -0.2) is 34.3 Å². The summed E-state index contributed by atoms with van der Waals surface area (Å²) in [6.45, 7) is 0. The second-order valence-corrected chi connectivity index (χ2v) is 5.48. The second-order valence-electron chi connectivity index (χ2n) is 5.48. The monoisotopic (exact) mass is 302 g/mol. The van der Waals surface area contributed by atoms with Crippen LogP contribution in [0.1, 0.15) is 18.5 Å². The van der Waals surface area contributed by atoms with E-state index in [0.717, 1.165) is 11.4 Å². The van der Waals surface area contributed by atoms with Crippen molar-refractivity contribution in [2.45, 2.75) is 19.3 Å². The number of nitrogen functional groups attached to an aromatic ring is 1. The van der Waals surface area contributed by atoms with Crippen LogP contribution in [0.4, 0.5) is 5.69 Å². The molecule has 0 aliphatic carbocycles. The molecule has 1 heterocycles. The van der Waals surface area contributed by atoms with E-state index in [-0.39, 0.29) is 17.2 Å². The van der Waals surface area contributed by atoms with Crippen LogP contribution >= 0.6 is 0 Å². The van der Waals surface area contributed by atoms with Crippen molar-refractivity contribution in [2.75, 3.05) is 19.8 Å². The van der Waals surface area contributed by atoms with E-state index in [1.165, 1.54) is 0 Å². The van der Waals surface area contributed by atoms with Crippen molar-refractivity contribution in [1.82, 2.24) is 14.3 Å². The van der Waals surface area contributed by atoms with Gasteiger partial charge in [-0.25, -0.2) is 4.68 Å². The van der Waals surface area contributed by atoms with Gasteiger partial charge in [0.25, 0.3) is 5.56 Å². The summed E-state index contributed by atoms with van der Waals surface area (Å²) in [6, 6.07) is 9.37. The Morgan fingerprint density at radius 1 is 1.23 bits per heavy atom. The van der Waals surface area contributed by atoms with E-state index in [4.69, 9.17) is 5.73 Å². The van der Waals surface area contributed by atoms with Gasteiger partial charge in [0.2, 0.25) is 5.91 Å². The minimum atomic E-state index is -0.220. The van der Waals surface area contributed by atoms with Crippen LogP contribution in [0.15, 0.2) is 35.1 Å². The number of hydrogen-bond donors (Lipinski definition) is 1. The number of anilines is 1. The van der Waals surface area contributed by atoms with E-state index in [2.05, 4.69) is 0 Å². The van der Waals surface area contributed by atoms with Crippen LogP contribution in [-0.2, 0) is 18.3 Å². The molecule has 0 atom stereocenters. The Hall–Kier alpha value is -2.50. The molecule has 0 unspecified atom stereocenters. The lowest BCUT2D eigenvalue weighted by Crippen LogP contribution is -2.21. The van der Waals surface area contributed by atoms with Crippen LogP contribution in [0.5, 0.6) is 0 Å². The van der Waals surface area contributed by atoms with Crippen molar-refractivity contribution in [3.05, 3.63) is 46.4 Å². The summed E-state index contributed by atoms with van der Waals surface area (Å²) in [6.07, 6.45) is 1.70. The van der Waals surface area contributed by atoms with Crippen LogP contribution in [0, 0.1) is 0 Å². The highest BCUT2D eigenvalue weighted by Crippen LogP contribution is 2.15. The Labute approximate surface area is 129 Å². The van der Waals surface area contributed by atoms with E-state index in [9.17, 15) is 9.59 Å². The molecule has 1 aromatic carbocycles. The maximum Gasteiger partial charge on any atom is 0.294 e. The molecule has 118 valence electrons. The number of benzene rings is 1. The SMILES string of the molecule is CN(C)C(=O)CCCc1c(N)c(=O)n(-c2ccccc2)n1C. The minimum Gasteiger partial charge on any atom is -0.393 e. The zero-order chi connectivity index (χ0) is 16.3. The van der Waals surface area contributed by atoms with Gasteiger partial charge in [0.1, 0.15) is 5.69 Å². The third kappa shape index (κ3) is 3.05. The van der Waals surface area contributed by atoms with Gasteiger partial charge in [-0.05, 0) is 25.0 Å². The van der Waals surface area contributed by atoms with Gasteiger partial charge < -0.3 is 10.6 Å². The number of carbonyl (C=O) groups is 1. The molecule has 0 aliphatic heterocycles. The van der Waals surface area contributed by atoms with Crippen LogP contribution < -0.4 is 11.3 Å². The van der Waals surface area contributed by atoms with Gasteiger partial charge in [-0.15, -0.1) is 0 Å². The van der Waals surface area contributed by atoms with Crippen LogP contribution in [0.3, 0.4) is 0 Å². The number of carbonyl (C=O) groups excluding carboxylic acids is 1. The fourth-order valence-electron chi connectivity index (χ4n) is 2.46. The molecule has 2 N–H and O–H groups in total. The van der Waals surface area contributed by atoms with Gasteiger partial charge >= 0.3 is 0 Å². The average Bonchev–Trinajstić information content (AvgIpc) is 2.71. The molecule has 0 fully saturated rings. The molecule has 2 aromatic rings. The highest BCUT2D eigenvalue weighted by molar-refractivity contribution is 5.75. The van der Waals surface area contributed by atoms with Crippen molar-refractivity contribution in [3.63, 3.8) is 0 Å². The summed E-state index contributed by atoms with van der Waals surface area (Å²) in [5.41, 5.74) is 7.54. The minimum absolute atomic E-state index is 0.0751. The van der Waals surface area contributed by atoms with E-state index in [1.807, 2.05) is 37.4 Å². The summed E-state index contributed by atoms with van der Waals surface area (Å²) in [5, 5.41) is 0. The molecular formula is C16H22N4O2. The highest BCUT2D eigenvalue weighted by atomic mass is 16.2. The zero-order valence-electron chi connectivity index (χ0n) is 13.2. The number of nitrogens with zero attached hydrogens (tertiary/aromatic N) is 3. The highest BCUT2D eigenvalue weighted by Gasteiger charge is 2.16. The summed E-state index contributed by atoms with van der Waals surface area (Å²) in [5.74, 6) is 0.0751. The number of amides is 1. The Balaban J connectivity index is 2.24. The molecule has 0 bridgehead atoms. The Morgan fingerprint density at radius 3 is 2.45 bits per heavy atom. The molecule has 22 heavy (non-hydrogen) atoms. The van der Waals surface area contributed by atoms with Gasteiger partial charge in [0, 0.05) is 27.6 Å². The van der Waals surface area contributed by atoms with E-state index >= 15 is 0 Å². The quantitative estimate of drug-likeness (QED) is 0.901. The van der Waals surface area contributed by atoms with Crippen LogP contribution in [0.2, 0.25) is 0 Å². The Kier molecular flexibility index (Phi) is 4.70. The van der Waals surface area contributed by atoms with Crippen molar-refractivity contribution >= 4 is 11.6 Å². The second kappa shape index (κ2) is 6.51. The van der Waals surface area contributed by atoms with E-state index < -0.39 is 0 Å². The van der Waals surface area contributed by atoms with Crippen molar-refractivity contribution in [1.29, 1.82) is 0 Å².